The maximum absolute atomic E-state index is 9.05. The van der Waals surface area contributed by atoms with Gasteiger partial charge in [-0.25, -0.2) is 0 Å². The van der Waals surface area contributed by atoms with Gasteiger partial charge in [-0.15, -0.1) is 0 Å². The van der Waals surface area contributed by atoms with Crippen LogP contribution < -0.4 is 5.32 Å². The summed E-state index contributed by atoms with van der Waals surface area (Å²) < 4.78 is 5.63. The van der Waals surface area contributed by atoms with Gasteiger partial charge in [0.2, 0.25) is 0 Å². The van der Waals surface area contributed by atoms with Crippen molar-refractivity contribution in [2.24, 2.45) is 5.92 Å². The van der Waals surface area contributed by atoms with E-state index in [2.05, 4.69) is 23.3 Å². The Bertz CT molecular complexity index is 286. The molecule has 0 spiro atoms. The molecule has 110 valence electrons. The number of rotatable bonds is 11. The summed E-state index contributed by atoms with van der Waals surface area (Å²) in [6.07, 6.45) is 5.85. The Kier molecular flexibility index (Phi) is 7.37. The molecule has 0 aromatic heterocycles. The summed E-state index contributed by atoms with van der Waals surface area (Å²) in [5.41, 5.74) is -0.369. The van der Waals surface area contributed by atoms with Crippen LogP contribution in [0.1, 0.15) is 39.0 Å². The van der Waals surface area contributed by atoms with Crippen LogP contribution in [0.5, 0.6) is 0 Å². The van der Waals surface area contributed by atoms with Crippen molar-refractivity contribution >= 4 is 0 Å². The quantitative estimate of drug-likeness (QED) is 0.582. The minimum Gasteiger partial charge on any atom is -0.380 e. The number of ether oxygens (including phenoxy) is 1. The Morgan fingerprint density at radius 3 is 2.68 bits per heavy atom. The number of nitrogens with one attached hydrogen (secondary N) is 1. The van der Waals surface area contributed by atoms with E-state index >= 15 is 0 Å². The molecule has 1 fully saturated rings. The van der Waals surface area contributed by atoms with Crippen molar-refractivity contribution in [3.8, 4) is 6.07 Å². The number of likely N-dealkylation sites (N-methyl/N-ethyl adjacent to an activating group) is 1. The number of unbranched alkanes of at least 4 members (excludes halogenated alkanes) is 1. The van der Waals surface area contributed by atoms with E-state index in [-0.39, 0.29) is 5.54 Å². The van der Waals surface area contributed by atoms with Crippen molar-refractivity contribution in [1.82, 2.24) is 10.2 Å². The van der Waals surface area contributed by atoms with Crippen LogP contribution in [0.25, 0.3) is 0 Å². The van der Waals surface area contributed by atoms with Crippen LogP contribution in [0.3, 0.4) is 0 Å². The highest BCUT2D eigenvalue weighted by atomic mass is 16.5. The predicted molar refractivity (Wildman–Crippen MR) is 78.0 cm³/mol. The minimum atomic E-state index is -0.369. The molecule has 1 aliphatic rings. The molecule has 0 aromatic rings. The van der Waals surface area contributed by atoms with Crippen LogP contribution in [0, 0.1) is 17.2 Å². The van der Waals surface area contributed by atoms with Crippen molar-refractivity contribution in [2.45, 2.75) is 44.6 Å². The molecule has 0 bridgehead atoms. The predicted octanol–water partition coefficient (Wildman–Crippen LogP) is 2.02. The third kappa shape index (κ3) is 7.51. The molecule has 0 aliphatic heterocycles. The first kappa shape index (κ1) is 16.4. The second-order valence-corrected chi connectivity index (χ2v) is 5.97. The molecular formula is C15H29N3O. The van der Waals surface area contributed by atoms with Gasteiger partial charge in [-0.1, -0.05) is 0 Å². The maximum atomic E-state index is 9.05. The van der Waals surface area contributed by atoms with Gasteiger partial charge in [0, 0.05) is 13.2 Å². The lowest BCUT2D eigenvalue weighted by atomic mass is 9.97. The Labute approximate surface area is 118 Å². The zero-order valence-electron chi connectivity index (χ0n) is 12.7. The number of hydrogen-bond acceptors (Lipinski definition) is 4. The van der Waals surface area contributed by atoms with Crippen LogP contribution in [-0.2, 0) is 4.74 Å². The molecule has 0 radical (unpaired) electrons. The summed E-state index contributed by atoms with van der Waals surface area (Å²) in [5, 5.41) is 12.1. The van der Waals surface area contributed by atoms with Crippen molar-refractivity contribution in [3.63, 3.8) is 0 Å². The number of hydrogen-bond donors (Lipinski definition) is 1. The zero-order chi connectivity index (χ0) is 14.1. The van der Waals surface area contributed by atoms with E-state index in [4.69, 9.17) is 10.00 Å². The van der Waals surface area contributed by atoms with E-state index in [1.54, 1.807) is 0 Å². The third-order valence-electron chi connectivity index (χ3n) is 3.93. The van der Waals surface area contributed by atoms with Crippen molar-refractivity contribution in [3.05, 3.63) is 0 Å². The lowest BCUT2D eigenvalue weighted by Crippen LogP contribution is -2.38. The van der Waals surface area contributed by atoms with Crippen molar-refractivity contribution in [2.75, 3.05) is 40.4 Å². The topological polar surface area (TPSA) is 48.3 Å². The van der Waals surface area contributed by atoms with E-state index in [1.807, 2.05) is 14.0 Å². The van der Waals surface area contributed by atoms with E-state index in [1.165, 1.54) is 12.8 Å². The average Bonchev–Trinajstić information content (AvgIpc) is 3.23. The molecule has 4 nitrogen and oxygen atoms in total. The fourth-order valence-corrected chi connectivity index (χ4v) is 1.96. The Balaban J connectivity index is 1.94. The van der Waals surface area contributed by atoms with Crippen LogP contribution in [0.2, 0.25) is 0 Å². The lowest BCUT2D eigenvalue weighted by Gasteiger charge is -2.21. The van der Waals surface area contributed by atoms with Crippen LogP contribution in [0.15, 0.2) is 0 Å². The largest absolute Gasteiger partial charge is 0.380 e. The van der Waals surface area contributed by atoms with Gasteiger partial charge in [0.05, 0.1) is 12.7 Å². The summed E-state index contributed by atoms with van der Waals surface area (Å²) >= 11 is 0. The normalized spacial score (nSPS) is 18.3. The van der Waals surface area contributed by atoms with Gasteiger partial charge in [-0.05, 0) is 65.6 Å². The fraction of sp³-hybridized carbons (Fsp3) is 0.933. The first-order chi connectivity index (χ1) is 9.09. The molecule has 19 heavy (non-hydrogen) atoms. The second kappa shape index (κ2) is 8.52. The minimum absolute atomic E-state index is 0.369. The highest BCUT2D eigenvalue weighted by molar-refractivity contribution is 5.02. The summed E-state index contributed by atoms with van der Waals surface area (Å²) in [5.74, 6) is 0.857. The number of nitriles is 1. The molecule has 1 aliphatic carbocycles. The molecule has 1 atom stereocenters. The summed E-state index contributed by atoms with van der Waals surface area (Å²) in [4.78, 5) is 2.32. The molecule has 1 rings (SSSR count). The lowest BCUT2D eigenvalue weighted by molar-refractivity contribution is 0.103. The summed E-state index contributed by atoms with van der Waals surface area (Å²) in [6, 6.07) is 2.33. The van der Waals surface area contributed by atoms with Crippen molar-refractivity contribution in [1.29, 1.82) is 5.26 Å². The monoisotopic (exact) mass is 267 g/mol. The first-order valence-corrected chi connectivity index (χ1v) is 7.46. The Morgan fingerprint density at radius 2 is 2.11 bits per heavy atom. The third-order valence-corrected chi connectivity index (χ3v) is 3.93. The Hall–Kier alpha value is -0.630. The molecule has 1 N–H and O–H groups in total. The van der Waals surface area contributed by atoms with Gasteiger partial charge >= 0.3 is 0 Å². The van der Waals surface area contributed by atoms with Crippen LogP contribution in [-0.4, -0.2) is 50.8 Å². The molecule has 0 aromatic carbocycles. The Morgan fingerprint density at radius 1 is 1.37 bits per heavy atom. The highest BCUT2D eigenvalue weighted by Gasteiger charge is 2.21. The van der Waals surface area contributed by atoms with Gasteiger partial charge in [0.1, 0.15) is 5.54 Å². The average molecular weight is 267 g/mol. The van der Waals surface area contributed by atoms with E-state index in [0.717, 1.165) is 51.5 Å². The molecular weight excluding hydrogens is 238 g/mol. The molecule has 0 heterocycles. The van der Waals surface area contributed by atoms with Gasteiger partial charge in [0.15, 0.2) is 0 Å². The molecule has 4 heteroatoms. The summed E-state index contributed by atoms with van der Waals surface area (Å²) in [6.45, 7) is 5.85. The van der Waals surface area contributed by atoms with E-state index in [9.17, 15) is 0 Å². The number of nitrogens with zero attached hydrogens (tertiary/aromatic N) is 2. The SMILES string of the molecule is CNC(C)(C#N)CCCCN(C)CCOCC1CC1. The molecule has 1 unspecified atom stereocenters. The van der Waals surface area contributed by atoms with Gasteiger partial charge < -0.3 is 15.0 Å². The fourth-order valence-electron chi connectivity index (χ4n) is 1.96. The van der Waals surface area contributed by atoms with Gasteiger partial charge in [-0.2, -0.15) is 5.26 Å². The van der Waals surface area contributed by atoms with Crippen molar-refractivity contribution < 1.29 is 4.74 Å². The van der Waals surface area contributed by atoms with E-state index < -0.39 is 0 Å². The maximum Gasteiger partial charge on any atom is 0.103 e. The van der Waals surface area contributed by atoms with Gasteiger partial charge in [0.25, 0.3) is 0 Å². The second-order valence-electron chi connectivity index (χ2n) is 5.97. The molecule has 0 saturated heterocycles. The standard InChI is InChI=1S/C15H29N3O/c1-15(13-16,17-2)8-4-5-9-18(3)10-11-19-12-14-6-7-14/h14,17H,4-12H2,1-3H3. The first-order valence-electron chi connectivity index (χ1n) is 7.46. The van der Waals surface area contributed by atoms with Gasteiger partial charge in [-0.3, -0.25) is 0 Å². The smallest absolute Gasteiger partial charge is 0.103 e. The highest BCUT2D eigenvalue weighted by Crippen LogP contribution is 2.28. The van der Waals surface area contributed by atoms with Crippen LogP contribution in [0.4, 0.5) is 0 Å². The molecule has 0 amide bonds. The zero-order valence-corrected chi connectivity index (χ0v) is 12.7. The molecule has 1 saturated carbocycles. The van der Waals surface area contributed by atoms with E-state index in [0.29, 0.717) is 0 Å². The van der Waals surface area contributed by atoms with Crippen LogP contribution >= 0.6 is 0 Å². The summed E-state index contributed by atoms with van der Waals surface area (Å²) in [7, 11) is 3.99.